The second-order valence-corrected chi connectivity index (χ2v) is 6.92. The number of hydrogen-bond donors (Lipinski definition) is 2. The van der Waals surface area contributed by atoms with Crippen LogP contribution < -0.4 is 25.0 Å². The Morgan fingerprint density at radius 3 is 2.56 bits per heavy atom. The molecule has 3 rings (SSSR count). The summed E-state index contributed by atoms with van der Waals surface area (Å²) in [6, 6.07) is 8.95. The van der Waals surface area contributed by atoms with Crippen LogP contribution in [0.1, 0.15) is 18.1 Å². The molecule has 0 atom stereocenters. The van der Waals surface area contributed by atoms with Gasteiger partial charge in [-0.2, -0.15) is 8.78 Å². The van der Waals surface area contributed by atoms with E-state index >= 15 is 0 Å². The van der Waals surface area contributed by atoms with Gasteiger partial charge in [0.2, 0.25) is 0 Å². The molecule has 174 valence electrons. The van der Waals surface area contributed by atoms with E-state index in [0.717, 1.165) is 24.5 Å². The van der Waals surface area contributed by atoms with Crippen LogP contribution in [0.3, 0.4) is 0 Å². The Morgan fingerprint density at radius 1 is 1.16 bits per heavy atom. The van der Waals surface area contributed by atoms with Gasteiger partial charge in [0.15, 0.2) is 17.5 Å². The molecule has 10 heteroatoms. The van der Waals surface area contributed by atoms with Gasteiger partial charge < -0.3 is 29.7 Å². The number of ether oxygens (including phenoxy) is 3. The molecule has 1 saturated heterocycles. The molecule has 0 aliphatic carbocycles. The Bertz CT molecular complexity index is 892. The number of hydrogen-bond acceptors (Lipinski definition) is 6. The zero-order chi connectivity index (χ0) is 22.8. The highest BCUT2D eigenvalue weighted by Gasteiger charge is 2.17. The van der Waals surface area contributed by atoms with E-state index in [0.29, 0.717) is 37.9 Å². The summed E-state index contributed by atoms with van der Waals surface area (Å²) in [7, 11) is 1.65. The summed E-state index contributed by atoms with van der Waals surface area (Å²) in [6.07, 6.45) is 1.78. The fourth-order valence-electron chi connectivity index (χ4n) is 3.40. The minimum atomic E-state index is -2.95. The summed E-state index contributed by atoms with van der Waals surface area (Å²) in [5, 5.41) is 6.40. The Balaban J connectivity index is 1.65. The highest BCUT2D eigenvalue weighted by Crippen LogP contribution is 2.32. The van der Waals surface area contributed by atoms with Crippen molar-refractivity contribution < 1.29 is 23.0 Å². The second kappa shape index (κ2) is 12.0. The molecule has 8 nitrogen and oxygen atoms in total. The Labute approximate surface area is 186 Å². The van der Waals surface area contributed by atoms with Crippen molar-refractivity contribution in [1.29, 1.82) is 0 Å². The number of morpholine rings is 1. The van der Waals surface area contributed by atoms with Gasteiger partial charge in [-0.15, -0.1) is 0 Å². The van der Waals surface area contributed by atoms with E-state index in [4.69, 9.17) is 14.2 Å². The second-order valence-electron chi connectivity index (χ2n) is 6.92. The number of guanidine groups is 1. The van der Waals surface area contributed by atoms with Crippen molar-refractivity contribution in [2.24, 2.45) is 4.99 Å². The van der Waals surface area contributed by atoms with Crippen LogP contribution in [0.25, 0.3) is 0 Å². The lowest BCUT2D eigenvalue weighted by atomic mass is 10.2. The fourth-order valence-corrected chi connectivity index (χ4v) is 3.40. The molecule has 2 heterocycles. The first-order valence-electron chi connectivity index (χ1n) is 10.5. The molecule has 32 heavy (non-hydrogen) atoms. The van der Waals surface area contributed by atoms with Crippen molar-refractivity contribution in [3.05, 3.63) is 47.7 Å². The number of rotatable bonds is 9. The topological polar surface area (TPSA) is 80.2 Å². The molecule has 0 amide bonds. The van der Waals surface area contributed by atoms with Crippen molar-refractivity contribution >= 4 is 11.8 Å². The molecular weight excluding hydrogens is 420 g/mol. The van der Waals surface area contributed by atoms with Gasteiger partial charge in [-0.25, -0.2) is 4.98 Å². The number of nitrogens with one attached hydrogen (secondary N) is 2. The van der Waals surface area contributed by atoms with Gasteiger partial charge in [0.1, 0.15) is 5.82 Å². The monoisotopic (exact) mass is 449 g/mol. The predicted octanol–water partition coefficient (Wildman–Crippen LogP) is 2.78. The van der Waals surface area contributed by atoms with Crippen LogP contribution in [0.4, 0.5) is 14.6 Å². The van der Waals surface area contributed by atoms with Gasteiger partial charge in [0.05, 0.1) is 19.8 Å². The van der Waals surface area contributed by atoms with Crippen LogP contribution in [0, 0.1) is 0 Å². The van der Waals surface area contributed by atoms with Crippen LogP contribution >= 0.6 is 0 Å². The molecule has 1 aliphatic rings. The molecule has 0 saturated carbocycles. The minimum Gasteiger partial charge on any atom is -0.490 e. The van der Waals surface area contributed by atoms with Crippen molar-refractivity contribution in [2.75, 3.05) is 44.9 Å². The Morgan fingerprint density at radius 2 is 1.88 bits per heavy atom. The summed E-state index contributed by atoms with van der Waals surface area (Å²) in [4.78, 5) is 11.0. The Kier molecular flexibility index (Phi) is 8.85. The molecule has 1 aromatic carbocycles. The zero-order valence-corrected chi connectivity index (χ0v) is 18.3. The maximum absolute atomic E-state index is 12.9. The van der Waals surface area contributed by atoms with Crippen molar-refractivity contribution in [1.82, 2.24) is 15.6 Å². The van der Waals surface area contributed by atoms with Crippen molar-refractivity contribution in [3.8, 4) is 11.5 Å². The van der Waals surface area contributed by atoms with Crippen LogP contribution in [0.5, 0.6) is 11.5 Å². The molecule has 0 bridgehead atoms. The average molecular weight is 450 g/mol. The number of anilines is 1. The third-order valence-electron chi connectivity index (χ3n) is 4.86. The summed E-state index contributed by atoms with van der Waals surface area (Å²) < 4.78 is 41.5. The largest absolute Gasteiger partial charge is 0.490 e. The summed E-state index contributed by atoms with van der Waals surface area (Å²) in [6.45, 7) is 2.85. The van der Waals surface area contributed by atoms with Gasteiger partial charge in [-0.3, -0.25) is 4.99 Å². The van der Waals surface area contributed by atoms with E-state index < -0.39 is 6.61 Å². The first-order chi connectivity index (χ1) is 15.6. The quantitative estimate of drug-likeness (QED) is 0.450. The third-order valence-corrected chi connectivity index (χ3v) is 4.86. The van der Waals surface area contributed by atoms with E-state index in [9.17, 15) is 8.78 Å². The van der Waals surface area contributed by atoms with Gasteiger partial charge in [0, 0.05) is 50.6 Å². The standard InChI is InChI=1S/C22H29F2N5O3/c1-3-31-18-8-4-6-16(19(18)32-21(23)24)14-27-22(25-2)28-15-17-7-5-9-26-20(17)29-10-12-30-13-11-29/h4-9,21H,3,10-15H2,1-2H3,(H2,25,27,28). The van der Waals surface area contributed by atoms with Crippen molar-refractivity contribution in [2.45, 2.75) is 26.6 Å². The van der Waals surface area contributed by atoms with E-state index in [1.165, 1.54) is 0 Å². The molecule has 2 N–H and O–H groups in total. The fraction of sp³-hybridized carbons (Fsp3) is 0.455. The van der Waals surface area contributed by atoms with Gasteiger partial charge in [-0.1, -0.05) is 18.2 Å². The van der Waals surface area contributed by atoms with Gasteiger partial charge in [0.25, 0.3) is 0 Å². The van der Waals surface area contributed by atoms with Gasteiger partial charge in [-0.05, 0) is 19.1 Å². The number of benzene rings is 1. The molecule has 0 unspecified atom stereocenters. The van der Waals surface area contributed by atoms with E-state index in [1.807, 2.05) is 12.1 Å². The molecular formula is C22H29F2N5O3. The minimum absolute atomic E-state index is 0.0224. The number of aliphatic imine (C=N–C) groups is 1. The number of aromatic nitrogens is 1. The zero-order valence-electron chi connectivity index (χ0n) is 18.3. The summed E-state index contributed by atoms with van der Waals surface area (Å²) in [5.41, 5.74) is 1.56. The first-order valence-corrected chi connectivity index (χ1v) is 10.5. The summed E-state index contributed by atoms with van der Waals surface area (Å²) in [5.74, 6) is 1.73. The molecule has 1 fully saturated rings. The summed E-state index contributed by atoms with van der Waals surface area (Å²) >= 11 is 0. The highest BCUT2D eigenvalue weighted by atomic mass is 19.3. The van der Waals surface area contributed by atoms with Crippen molar-refractivity contribution in [3.63, 3.8) is 0 Å². The third kappa shape index (κ3) is 6.43. The lowest BCUT2D eigenvalue weighted by molar-refractivity contribution is -0.0520. The number of pyridine rings is 1. The Hall–Kier alpha value is -3.14. The first kappa shape index (κ1) is 23.5. The normalized spacial score (nSPS) is 14.4. The number of halogens is 2. The number of alkyl halides is 2. The maximum Gasteiger partial charge on any atom is 0.387 e. The number of nitrogens with zero attached hydrogens (tertiary/aromatic N) is 3. The van der Waals surface area contributed by atoms with Crippen LogP contribution in [0.2, 0.25) is 0 Å². The smallest absolute Gasteiger partial charge is 0.387 e. The van der Waals surface area contributed by atoms with E-state index in [-0.39, 0.29) is 18.0 Å². The molecule has 1 aromatic heterocycles. The van der Waals surface area contributed by atoms with Crippen LogP contribution in [0.15, 0.2) is 41.5 Å². The van der Waals surface area contributed by atoms with Crippen LogP contribution in [-0.2, 0) is 17.8 Å². The van der Waals surface area contributed by atoms with E-state index in [2.05, 4.69) is 25.5 Å². The lowest BCUT2D eigenvalue weighted by Gasteiger charge is -2.29. The molecule has 0 spiro atoms. The maximum atomic E-state index is 12.9. The molecule has 2 aromatic rings. The highest BCUT2D eigenvalue weighted by molar-refractivity contribution is 5.79. The van der Waals surface area contributed by atoms with Gasteiger partial charge >= 0.3 is 6.61 Å². The SMILES string of the molecule is CCOc1cccc(CNC(=NC)NCc2cccnc2N2CCOCC2)c1OC(F)F. The predicted molar refractivity (Wildman–Crippen MR) is 119 cm³/mol. The number of para-hydroxylation sites is 1. The lowest BCUT2D eigenvalue weighted by Crippen LogP contribution is -2.39. The molecule has 0 radical (unpaired) electrons. The average Bonchev–Trinajstić information content (AvgIpc) is 2.81. The van der Waals surface area contributed by atoms with E-state index in [1.54, 1.807) is 38.4 Å². The van der Waals surface area contributed by atoms with Crippen LogP contribution in [-0.4, -0.2) is 57.5 Å². The molecule has 1 aliphatic heterocycles.